The Hall–Kier alpha value is -3.32. The van der Waals surface area contributed by atoms with Gasteiger partial charge >= 0.3 is 0 Å². The molecule has 3 aromatic rings. The van der Waals surface area contributed by atoms with Crippen LogP contribution < -0.4 is 14.8 Å². The van der Waals surface area contributed by atoms with E-state index in [1.165, 1.54) is 18.4 Å². The predicted octanol–water partition coefficient (Wildman–Crippen LogP) is 5.62. The SMILES string of the molecule is COc1ccc(C(=O)Nc2sc(-c3ccccc3)c(C)c2C(=O)N2CCCCC2)cc1OC. The van der Waals surface area contributed by atoms with Crippen molar-refractivity contribution in [3.8, 4) is 21.9 Å². The van der Waals surface area contributed by atoms with Gasteiger partial charge in [0.25, 0.3) is 11.8 Å². The van der Waals surface area contributed by atoms with Gasteiger partial charge in [-0.1, -0.05) is 30.3 Å². The van der Waals surface area contributed by atoms with Gasteiger partial charge in [-0.05, 0) is 55.5 Å². The number of carbonyl (C=O) groups excluding carboxylic acids is 2. The monoisotopic (exact) mass is 464 g/mol. The van der Waals surface area contributed by atoms with Crippen molar-refractivity contribution >= 4 is 28.2 Å². The third-order valence-corrected chi connectivity index (χ3v) is 7.17. The Labute approximate surface area is 198 Å². The molecule has 0 aliphatic carbocycles. The van der Waals surface area contributed by atoms with E-state index >= 15 is 0 Å². The molecule has 7 heteroatoms. The van der Waals surface area contributed by atoms with Gasteiger partial charge in [-0.3, -0.25) is 9.59 Å². The zero-order chi connectivity index (χ0) is 23.4. The molecule has 0 unspecified atom stereocenters. The molecule has 1 aliphatic heterocycles. The molecule has 2 amide bonds. The smallest absolute Gasteiger partial charge is 0.257 e. The van der Waals surface area contributed by atoms with E-state index in [0.29, 0.717) is 27.6 Å². The summed E-state index contributed by atoms with van der Waals surface area (Å²) in [7, 11) is 3.08. The van der Waals surface area contributed by atoms with E-state index in [1.54, 1.807) is 25.3 Å². The molecule has 1 saturated heterocycles. The first kappa shape index (κ1) is 22.9. The molecule has 1 aliphatic rings. The van der Waals surface area contributed by atoms with Crippen LogP contribution in [0.1, 0.15) is 45.5 Å². The third-order valence-electron chi connectivity index (χ3n) is 5.91. The molecule has 2 heterocycles. The molecule has 0 atom stereocenters. The van der Waals surface area contributed by atoms with Crippen molar-refractivity contribution in [3.63, 3.8) is 0 Å². The highest BCUT2D eigenvalue weighted by Gasteiger charge is 2.28. The van der Waals surface area contributed by atoms with Crippen molar-refractivity contribution in [2.45, 2.75) is 26.2 Å². The average Bonchev–Trinajstić information content (AvgIpc) is 3.19. The van der Waals surface area contributed by atoms with E-state index in [0.717, 1.165) is 48.4 Å². The number of nitrogens with zero attached hydrogens (tertiary/aromatic N) is 1. The minimum atomic E-state index is -0.301. The second kappa shape index (κ2) is 10.1. The zero-order valence-corrected chi connectivity index (χ0v) is 20.0. The van der Waals surface area contributed by atoms with E-state index in [4.69, 9.17) is 9.47 Å². The summed E-state index contributed by atoms with van der Waals surface area (Å²) in [5, 5.41) is 3.57. The molecule has 1 N–H and O–H groups in total. The van der Waals surface area contributed by atoms with E-state index < -0.39 is 0 Å². The molecule has 33 heavy (non-hydrogen) atoms. The van der Waals surface area contributed by atoms with E-state index in [-0.39, 0.29) is 11.8 Å². The zero-order valence-electron chi connectivity index (χ0n) is 19.1. The van der Waals surface area contributed by atoms with Gasteiger partial charge in [0.2, 0.25) is 0 Å². The maximum absolute atomic E-state index is 13.5. The van der Waals surface area contributed by atoms with Crippen molar-refractivity contribution in [2.24, 2.45) is 0 Å². The lowest BCUT2D eigenvalue weighted by molar-refractivity contribution is 0.0725. The van der Waals surface area contributed by atoms with Gasteiger partial charge in [0.15, 0.2) is 11.5 Å². The van der Waals surface area contributed by atoms with Crippen LogP contribution in [-0.4, -0.2) is 44.0 Å². The van der Waals surface area contributed by atoms with Crippen molar-refractivity contribution in [1.29, 1.82) is 0 Å². The third kappa shape index (κ3) is 4.73. The minimum absolute atomic E-state index is 0.0201. The maximum atomic E-state index is 13.5. The molecule has 0 bridgehead atoms. The Morgan fingerprint density at radius 3 is 2.30 bits per heavy atom. The molecule has 6 nitrogen and oxygen atoms in total. The fourth-order valence-corrected chi connectivity index (χ4v) is 5.33. The number of ether oxygens (including phenoxy) is 2. The first-order valence-electron chi connectivity index (χ1n) is 11.0. The molecule has 2 aromatic carbocycles. The number of rotatable bonds is 6. The van der Waals surface area contributed by atoms with Crippen molar-refractivity contribution in [1.82, 2.24) is 4.90 Å². The highest BCUT2D eigenvalue weighted by molar-refractivity contribution is 7.20. The van der Waals surface area contributed by atoms with Gasteiger partial charge in [-0.2, -0.15) is 0 Å². The molecule has 0 saturated carbocycles. The number of hydrogen-bond acceptors (Lipinski definition) is 5. The van der Waals surface area contributed by atoms with Crippen LogP contribution in [-0.2, 0) is 0 Å². The van der Waals surface area contributed by atoms with Gasteiger partial charge in [-0.25, -0.2) is 0 Å². The maximum Gasteiger partial charge on any atom is 0.257 e. The lowest BCUT2D eigenvalue weighted by Gasteiger charge is -2.27. The number of anilines is 1. The van der Waals surface area contributed by atoms with Gasteiger partial charge in [-0.15, -0.1) is 11.3 Å². The molecule has 0 radical (unpaired) electrons. The van der Waals surface area contributed by atoms with Crippen molar-refractivity contribution in [3.05, 3.63) is 65.2 Å². The summed E-state index contributed by atoms with van der Waals surface area (Å²) in [4.78, 5) is 29.6. The first-order chi connectivity index (χ1) is 16.0. The number of carbonyl (C=O) groups is 2. The van der Waals surface area contributed by atoms with Crippen LogP contribution in [0.2, 0.25) is 0 Å². The number of thiophene rings is 1. The van der Waals surface area contributed by atoms with Crippen LogP contribution in [0.25, 0.3) is 10.4 Å². The normalized spacial score (nSPS) is 13.5. The lowest BCUT2D eigenvalue weighted by atomic mass is 10.0. The average molecular weight is 465 g/mol. The molecule has 172 valence electrons. The lowest BCUT2D eigenvalue weighted by Crippen LogP contribution is -2.36. The fraction of sp³-hybridized carbons (Fsp3) is 0.308. The van der Waals surface area contributed by atoms with Crippen molar-refractivity contribution < 1.29 is 19.1 Å². The van der Waals surface area contributed by atoms with Crippen LogP contribution in [0.5, 0.6) is 11.5 Å². The number of nitrogens with one attached hydrogen (secondary N) is 1. The molecule has 4 rings (SSSR count). The summed E-state index contributed by atoms with van der Waals surface area (Å²) in [5.74, 6) is 0.702. The number of likely N-dealkylation sites (tertiary alicyclic amines) is 1. The highest BCUT2D eigenvalue weighted by atomic mass is 32.1. The van der Waals surface area contributed by atoms with Crippen LogP contribution >= 0.6 is 11.3 Å². The number of amides is 2. The quantitative estimate of drug-likeness (QED) is 0.514. The Kier molecular flexibility index (Phi) is 6.99. The number of benzene rings is 2. The molecule has 1 fully saturated rings. The standard InChI is InChI=1S/C26H28N2O4S/c1-17-22(26(30)28-14-8-5-9-15-28)25(33-23(17)18-10-6-4-7-11-18)27-24(29)19-12-13-20(31-2)21(16-19)32-3/h4,6-7,10-13,16H,5,8-9,14-15H2,1-3H3,(H,27,29). The Morgan fingerprint density at radius 1 is 0.939 bits per heavy atom. The van der Waals surface area contributed by atoms with Crippen LogP contribution in [0, 0.1) is 6.92 Å². The van der Waals surface area contributed by atoms with Gasteiger partial charge in [0, 0.05) is 23.5 Å². The number of methoxy groups -OCH3 is 2. The van der Waals surface area contributed by atoms with Crippen molar-refractivity contribution in [2.75, 3.05) is 32.6 Å². The summed E-state index contributed by atoms with van der Waals surface area (Å²) < 4.78 is 10.6. The summed E-state index contributed by atoms with van der Waals surface area (Å²) >= 11 is 1.44. The molecule has 1 aromatic heterocycles. The van der Waals surface area contributed by atoms with Gasteiger partial charge < -0.3 is 19.7 Å². The number of piperidine rings is 1. The summed E-state index contributed by atoms with van der Waals surface area (Å²) in [6.07, 6.45) is 3.16. The van der Waals surface area contributed by atoms with Gasteiger partial charge in [0.05, 0.1) is 19.8 Å². The molecular weight excluding hydrogens is 436 g/mol. The second-order valence-corrected chi connectivity index (χ2v) is 9.02. The van der Waals surface area contributed by atoms with E-state index in [9.17, 15) is 9.59 Å². The van der Waals surface area contributed by atoms with Crippen LogP contribution in [0.3, 0.4) is 0 Å². The van der Waals surface area contributed by atoms with E-state index in [2.05, 4.69) is 5.32 Å². The van der Waals surface area contributed by atoms with Crippen LogP contribution in [0.15, 0.2) is 48.5 Å². The molecule has 0 spiro atoms. The predicted molar refractivity (Wildman–Crippen MR) is 132 cm³/mol. The Balaban J connectivity index is 1.72. The largest absolute Gasteiger partial charge is 0.493 e. The van der Waals surface area contributed by atoms with Crippen LogP contribution in [0.4, 0.5) is 5.00 Å². The van der Waals surface area contributed by atoms with E-state index in [1.807, 2.05) is 42.2 Å². The highest BCUT2D eigenvalue weighted by Crippen LogP contribution is 2.41. The Bertz CT molecular complexity index is 1150. The first-order valence-corrected chi connectivity index (χ1v) is 11.9. The van der Waals surface area contributed by atoms with Gasteiger partial charge in [0.1, 0.15) is 5.00 Å². The molecular formula is C26H28N2O4S. The second-order valence-electron chi connectivity index (χ2n) is 8.00. The fourth-order valence-electron chi connectivity index (χ4n) is 4.13. The summed E-state index contributed by atoms with van der Waals surface area (Å²) in [6.45, 7) is 3.46. The summed E-state index contributed by atoms with van der Waals surface area (Å²) in [6, 6.07) is 15.0. The minimum Gasteiger partial charge on any atom is -0.493 e. The summed E-state index contributed by atoms with van der Waals surface area (Å²) in [5.41, 5.74) is 2.93. The Morgan fingerprint density at radius 2 is 1.64 bits per heavy atom. The topological polar surface area (TPSA) is 67.9 Å². The number of hydrogen-bond donors (Lipinski definition) is 1.